The molecule has 0 radical (unpaired) electrons. The number of hydrogen-bond donors (Lipinski definition) is 3. The van der Waals surface area contributed by atoms with E-state index < -0.39 is 11.6 Å². The standard InChI is InChI=1S/C11H21NO3/c1-10(2,3)11(12-9(14)15)6-4-8(13)5-7-11/h8,12-13H,4-7H2,1-3H3,(H,14,15)/t8-,11-. The minimum Gasteiger partial charge on any atom is -0.465 e. The largest absolute Gasteiger partial charge is 0.465 e. The van der Waals surface area contributed by atoms with E-state index in [9.17, 15) is 9.90 Å². The zero-order valence-electron chi connectivity index (χ0n) is 9.71. The van der Waals surface area contributed by atoms with Crippen LogP contribution in [-0.4, -0.2) is 27.9 Å². The third kappa shape index (κ3) is 2.62. The first-order valence-corrected chi connectivity index (χ1v) is 5.46. The molecular formula is C11H21NO3. The summed E-state index contributed by atoms with van der Waals surface area (Å²) >= 11 is 0. The van der Waals surface area contributed by atoms with E-state index in [1.165, 1.54) is 0 Å². The second kappa shape index (κ2) is 4.00. The average Bonchev–Trinajstić information content (AvgIpc) is 2.06. The van der Waals surface area contributed by atoms with E-state index in [-0.39, 0.29) is 11.5 Å². The van der Waals surface area contributed by atoms with Crippen LogP contribution in [0.1, 0.15) is 46.5 Å². The maximum Gasteiger partial charge on any atom is 0.405 e. The maximum absolute atomic E-state index is 10.8. The first-order chi connectivity index (χ1) is 6.77. The molecule has 4 heteroatoms. The van der Waals surface area contributed by atoms with Crippen LogP contribution in [0.4, 0.5) is 4.79 Å². The highest BCUT2D eigenvalue weighted by Gasteiger charge is 2.45. The molecule has 1 saturated carbocycles. The lowest BCUT2D eigenvalue weighted by Gasteiger charge is -2.48. The molecular weight excluding hydrogens is 194 g/mol. The van der Waals surface area contributed by atoms with Crippen molar-refractivity contribution in [1.82, 2.24) is 5.32 Å². The number of amides is 1. The van der Waals surface area contributed by atoms with Gasteiger partial charge in [-0.15, -0.1) is 0 Å². The van der Waals surface area contributed by atoms with Gasteiger partial charge in [-0.25, -0.2) is 4.79 Å². The number of hydrogen-bond acceptors (Lipinski definition) is 2. The van der Waals surface area contributed by atoms with Crippen molar-refractivity contribution in [2.75, 3.05) is 0 Å². The molecule has 0 aliphatic heterocycles. The van der Waals surface area contributed by atoms with Crippen LogP contribution in [-0.2, 0) is 0 Å². The Hall–Kier alpha value is -0.770. The molecule has 1 aliphatic carbocycles. The van der Waals surface area contributed by atoms with Crippen molar-refractivity contribution in [3.63, 3.8) is 0 Å². The Kier molecular flexibility index (Phi) is 3.28. The van der Waals surface area contributed by atoms with Crippen LogP contribution in [0, 0.1) is 5.41 Å². The van der Waals surface area contributed by atoms with Crippen molar-refractivity contribution in [3.05, 3.63) is 0 Å². The Morgan fingerprint density at radius 1 is 1.33 bits per heavy atom. The lowest BCUT2D eigenvalue weighted by atomic mass is 9.65. The average molecular weight is 215 g/mol. The molecule has 1 aliphatic rings. The van der Waals surface area contributed by atoms with Crippen LogP contribution in [0.3, 0.4) is 0 Å². The van der Waals surface area contributed by atoms with Gasteiger partial charge in [-0.1, -0.05) is 20.8 Å². The molecule has 3 N–H and O–H groups in total. The molecule has 1 amide bonds. The second-order valence-electron chi connectivity index (χ2n) is 5.49. The fourth-order valence-electron chi connectivity index (χ4n) is 2.36. The van der Waals surface area contributed by atoms with Gasteiger partial charge < -0.3 is 15.5 Å². The molecule has 4 nitrogen and oxygen atoms in total. The molecule has 0 atom stereocenters. The maximum atomic E-state index is 10.8. The van der Waals surface area contributed by atoms with Gasteiger partial charge in [-0.05, 0) is 31.1 Å². The van der Waals surface area contributed by atoms with Crippen LogP contribution < -0.4 is 5.32 Å². The van der Waals surface area contributed by atoms with Crippen LogP contribution in [0.5, 0.6) is 0 Å². The predicted molar refractivity (Wildman–Crippen MR) is 57.8 cm³/mol. The Labute approximate surface area is 90.7 Å². The molecule has 0 aromatic carbocycles. The molecule has 0 heterocycles. The summed E-state index contributed by atoms with van der Waals surface area (Å²) in [4.78, 5) is 10.8. The third-order valence-corrected chi connectivity index (χ3v) is 3.59. The molecule has 0 bridgehead atoms. The lowest BCUT2D eigenvalue weighted by molar-refractivity contribution is 0.0291. The van der Waals surface area contributed by atoms with E-state index in [2.05, 4.69) is 5.32 Å². The van der Waals surface area contributed by atoms with E-state index >= 15 is 0 Å². The van der Waals surface area contributed by atoms with Crippen LogP contribution in [0.25, 0.3) is 0 Å². The molecule has 0 saturated heterocycles. The smallest absolute Gasteiger partial charge is 0.405 e. The van der Waals surface area contributed by atoms with Gasteiger partial charge in [-0.3, -0.25) is 0 Å². The Morgan fingerprint density at radius 2 is 1.80 bits per heavy atom. The molecule has 1 fully saturated rings. The third-order valence-electron chi connectivity index (χ3n) is 3.59. The normalized spacial score (nSPS) is 32.4. The summed E-state index contributed by atoms with van der Waals surface area (Å²) in [5.74, 6) is 0. The highest BCUT2D eigenvalue weighted by Crippen LogP contribution is 2.41. The lowest BCUT2D eigenvalue weighted by Crippen LogP contribution is -2.58. The van der Waals surface area contributed by atoms with Gasteiger partial charge in [-0.2, -0.15) is 0 Å². The summed E-state index contributed by atoms with van der Waals surface area (Å²) < 4.78 is 0. The molecule has 88 valence electrons. The van der Waals surface area contributed by atoms with E-state index in [1.807, 2.05) is 20.8 Å². The zero-order chi connectivity index (χ0) is 11.7. The number of aliphatic hydroxyl groups excluding tert-OH is 1. The second-order valence-corrected chi connectivity index (χ2v) is 5.49. The Balaban J connectivity index is 2.83. The van der Waals surface area contributed by atoms with Gasteiger partial charge in [0.1, 0.15) is 0 Å². The highest BCUT2D eigenvalue weighted by atomic mass is 16.4. The van der Waals surface area contributed by atoms with Crippen molar-refractivity contribution in [2.45, 2.75) is 58.1 Å². The first kappa shape index (κ1) is 12.3. The van der Waals surface area contributed by atoms with Crippen molar-refractivity contribution >= 4 is 6.09 Å². The fourth-order valence-corrected chi connectivity index (χ4v) is 2.36. The molecule has 0 spiro atoms. The van der Waals surface area contributed by atoms with Gasteiger partial charge in [0.05, 0.1) is 6.10 Å². The summed E-state index contributed by atoms with van der Waals surface area (Å²) in [5.41, 5.74) is -0.510. The van der Waals surface area contributed by atoms with Crippen molar-refractivity contribution in [1.29, 1.82) is 0 Å². The fraction of sp³-hybridized carbons (Fsp3) is 0.909. The first-order valence-electron chi connectivity index (χ1n) is 5.46. The molecule has 1 rings (SSSR count). The van der Waals surface area contributed by atoms with Gasteiger partial charge >= 0.3 is 6.09 Å². The number of nitrogens with one attached hydrogen (secondary N) is 1. The Morgan fingerprint density at radius 3 is 2.13 bits per heavy atom. The predicted octanol–water partition coefficient (Wildman–Crippen LogP) is 1.97. The molecule has 0 aromatic heterocycles. The molecule has 0 aromatic rings. The number of carbonyl (C=O) groups is 1. The monoisotopic (exact) mass is 215 g/mol. The van der Waals surface area contributed by atoms with Crippen LogP contribution >= 0.6 is 0 Å². The minimum atomic E-state index is -0.971. The number of carboxylic acid groups (broad SMARTS) is 1. The van der Waals surface area contributed by atoms with E-state index in [1.54, 1.807) is 0 Å². The summed E-state index contributed by atoms with van der Waals surface area (Å²) in [6, 6.07) is 0. The number of rotatable bonds is 1. The van der Waals surface area contributed by atoms with Gasteiger partial charge in [0, 0.05) is 5.54 Å². The number of aliphatic hydroxyl groups is 1. The van der Waals surface area contributed by atoms with Crippen molar-refractivity contribution in [3.8, 4) is 0 Å². The van der Waals surface area contributed by atoms with Crippen LogP contribution in [0.2, 0.25) is 0 Å². The molecule has 0 unspecified atom stereocenters. The van der Waals surface area contributed by atoms with Gasteiger partial charge in [0.15, 0.2) is 0 Å². The van der Waals surface area contributed by atoms with Crippen molar-refractivity contribution in [2.24, 2.45) is 5.41 Å². The SMILES string of the molecule is CC(C)(C)[C@]1(NC(=O)O)CC[C@H](O)CC1. The topological polar surface area (TPSA) is 69.6 Å². The summed E-state index contributed by atoms with van der Waals surface area (Å²) in [6.45, 7) is 6.13. The summed E-state index contributed by atoms with van der Waals surface area (Å²) in [7, 11) is 0. The zero-order valence-corrected chi connectivity index (χ0v) is 9.71. The Bertz CT molecular complexity index is 237. The van der Waals surface area contributed by atoms with E-state index in [0.717, 1.165) is 0 Å². The highest BCUT2D eigenvalue weighted by molar-refractivity contribution is 5.65. The summed E-state index contributed by atoms with van der Waals surface area (Å²) in [5, 5.41) is 21.0. The van der Waals surface area contributed by atoms with E-state index in [0.29, 0.717) is 25.7 Å². The minimum absolute atomic E-state index is 0.120. The van der Waals surface area contributed by atoms with Gasteiger partial charge in [0.25, 0.3) is 0 Å². The molecule has 15 heavy (non-hydrogen) atoms. The van der Waals surface area contributed by atoms with Gasteiger partial charge in [0.2, 0.25) is 0 Å². The quantitative estimate of drug-likeness (QED) is 0.626. The van der Waals surface area contributed by atoms with Crippen molar-refractivity contribution < 1.29 is 15.0 Å². The van der Waals surface area contributed by atoms with Crippen LogP contribution in [0.15, 0.2) is 0 Å². The summed E-state index contributed by atoms with van der Waals surface area (Å²) in [6.07, 6.45) is 1.54. The van der Waals surface area contributed by atoms with E-state index in [4.69, 9.17) is 5.11 Å².